The van der Waals surface area contributed by atoms with Crippen LogP contribution in [0.25, 0.3) is 0 Å². The van der Waals surface area contributed by atoms with E-state index in [4.69, 9.17) is 33.3 Å². The highest BCUT2D eigenvalue weighted by Crippen LogP contribution is 2.26. The number of hydrazine groups is 1. The minimum atomic E-state index is -0.475. The smallest absolute Gasteiger partial charge is 0.276 e. The number of hydrogen-bond acceptors (Lipinski definition) is 5. The van der Waals surface area contributed by atoms with Gasteiger partial charge in [-0.3, -0.25) is 25.8 Å². The molecule has 33 heavy (non-hydrogen) atoms. The molecule has 0 atom stereocenters. The third-order valence-corrected chi connectivity index (χ3v) is 5.75. The Morgan fingerprint density at radius 1 is 1.09 bits per heavy atom. The van der Waals surface area contributed by atoms with Gasteiger partial charge in [-0.2, -0.15) is 0 Å². The van der Waals surface area contributed by atoms with Gasteiger partial charge in [0.15, 0.2) is 11.7 Å². The van der Waals surface area contributed by atoms with Crippen LogP contribution in [0.4, 0.5) is 0 Å². The number of ether oxygens (including phenoxy) is 2. The van der Waals surface area contributed by atoms with Gasteiger partial charge < -0.3 is 9.47 Å². The first-order valence-electron chi connectivity index (χ1n) is 10.3. The number of hydrogen-bond donors (Lipinski definition) is 3. The van der Waals surface area contributed by atoms with E-state index in [0.29, 0.717) is 34.6 Å². The predicted molar refractivity (Wildman–Crippen MR) is 137 cm³/mol. The second-order valence-electron chi connectivity index (χ2n) is 7.79. The summed E-state index contributed by atoms with van der Waals surface area (Å²) in [5.41, 5.74) is 6.91. The summed E-state index contributed by atoms with van der Waals surface area (Å²) >= 11 is 14.6. The molecule has 0 fully saturated rings. The van der Waals surface area contributed by atoms with E-state index in [1.54, 1.807) is 30.3 Å². The summed E-state index contributed by atoms with van der Waals surface area (Å²) in [7, 11) is 0. The van der Waals surface area contributed by atoms with Crippen molar-refractivity contribution in [2.75, 3.05) is 13.2 Å². The third-order valence-electron chi connectivity index (χ3n) is 4.46. The van der Waals surface area contributed by atoms with Crippen molar-refractivity contribution in [2.24, 2.45) is 5.92 Å². The maximum Gasteiger partial charge on any atom is 0.276 e. The SMILES string of the molecule is Cc1cc(OCC(=O)NNC(=S)NC(=O)c2cc(Br)ccc2OCCC(C)C)cc(C)c1Cl. The molecule has 3 N–H and O–H groups in total. The van der Waals surface area contributed by atoms with E-state index >= 15 is 0 Å². The number of rotatable bonds is 8. The van der Waals surface area contributed by atoms with Gasteiger partial charge in [-0.15, -0.1) is 0 Å². The Kier molecular flexibility index (Phi) is 10.4. The van der Waals surface area contributed by atoms with E-state index in [0.717, 1.165) is 22.0 Å². The van der Waals surface area contributed by atoms with Crippen LogP contribution in [0.15, 0.2) is 34.8 Å². The molecule has 0 aromatic heterocycles. The number of nitrogens with one attached hydrogen (secondary N) is 3. The molecule has 178 valence electrons. The quantitative estimate of drug-likeness (QED) is 0.318. The molecule has 2 aromatic rings. The Balaban J connectivity index is 1.86. The van der Waals surface area contributed by atoms with Gasteiger partial charge >= 0.3 is 0 Å². The molecule has 0 spiro atoms. The summed E-state index contributed by atoms with van der Waals surface area (Å²) in [6, 6.07) is 8.65. The van der Waals surface area contributed by atoms with Gasteiger partial charge in [-0.05, 0) is 79.9 Å². The molecule has 0 radical (unpaired) electrons. The Labute approximate surface area is 212 Å². The van der Waals surface area contributed by atoms with Crippen LogP contribution in [-0.4, -0.2) is 30.1 Å². The first-order valence-corrected chi connectivity index (χ1v) is 11.9. The normalized spacial score (nSPS) is 10.5. The highest BCUT2D eigenvalue weighted by atomic mass is 79.9. The molecular formula is C23H27BrClN3O4S. The van der Waals surface area contributed by atoms with E-state index < -0.39 is 11.8 Å². The van der Waals surface area contributed by atoms with Crippen LogP contribution in [-0.2, 0) is 4.79 Å². The van der Waals surface area contributed by atoms with Crippen LogP contribution >= 0.6 is 39.7 Å². The van der Waals surface area contributed by atoms with Crippen LogP contribution in [0.5, 0.6) is 11.5 Å². The lowest BCUT2D eigenvalue weighted by molar-refractivity contribution is -0.123. The van der Waals surface area contributed by atoms with Crippen LogP contribution < -0.4 is 25.6 Å². The van der Waals surface area contributed by atoms with Crippen molar-refractivity contribution in [3.05, 3.63) is 56.5 Å². The lowest BCUT2D eigenvalue weighted by atomic mass is 10.1. The summed E-state index contributed by atoms with van der Waals surface area (Å²) in [5, 5.41) is 3.11. The second-order valence-corrected chi connectivity index (χ2v) is 9.49. The predicted octanol–water partition coefficient (Wildman–Crippen LogP) is 4.86. The summed E-state index contributed by atoms with van der Waals surface area (Å²) in [6.07, 6.45) is 0.861. The van der Waals surface area contributed by atoms with E-state index in [1.165, 1.54) is 0 Å². The average molecular weight is 557 g/mol. The Morgan fingerprint density at radius 2 is 1.76 bits per heavy atom. The van der Waals surface area contributed by atoms with Crippen LogP contribution in [0.1, 0.15) is 41.8 Å². The van der Waals surface area contributed by atoms with Gasteiger partial charge in [0.2, 0.25) is 0 Å². The van der Waals surface area contributed by atoms with Crippen molar-refractivity contribution in [3.63, 3.8) is 0 Å². The Morgan fingerprint density at radius 3 is 2.39 bits per heavy atom. The minimum absolute atomic E-state index is 0.0698. The minimum Gasteiger partial charge on any atom is -0.493 e. The monoisotopic (exact) mass is 555 g/mol. The first kappa shape index (κ1) is 26.9. The summed E-state index contributed by atoms with van der Waals surface area (Å²) in [4.78, 5) is 24.7. The standard InChI is InChI=1S/C23H27BrClN3O4S/c1-13(2)7-8-31-19-6-5-16(24)11-18(19)22(30)26-23(33)28-27-20(29)12-32-17-9-14(3)21(25)15(4)10-17/h5-6,9-11,13H,7-8,12H2,1-4H3,(H,27,29)(H2,26,28,30,33). The fourth-order valence-electron chi connectivity index (χ4n) is 2.71. The molecule has 7 nitrogen and oxygen atoms in total. The van der Waals surface area contributed by atoms with E-state index in [9.17, 15) is 9.59 Å². The number of carbonyl (C=O) groups excluding carboxylic acids is 2. The summed E-state index contributed by atoms with van der Waals surface area (Å²) < 4.78 is 12.0. The molecule has 0 aliphatic carbocycles. The maximum atomic E-state index is 12.7. The zero-order valence-corrected chi connectivity index (χ0v) is 22.0. The van der Waals surface area contributed by atoms with Gasteiger partial charge in [0.05, 0.1) is 12.2 Å². The highest BCUT2D eigenvalue weighted by molar-refractivity contribution is 9.10. The molecule has 0 heterocycles. The Bertz CT molecular complexity index is 1010. The largest absolute Gasteiger partial charge is 0.493 e. The van der Waals surface area contributed by atoms with Crippen molar-refractivity contribution in [2.45, 2.75) is 34.1 Å². The number of benzene rings is 2. The summed E-state index contributed by atoms with van der Waals surface area (Å²) in [6.45, 7) is 8.15. The topological polar surface area (TPSA) is 88.7 Å². The zero-order chi connectivity index (χ0) is 24.5. The number of carbonyl (C=O) groups is 2. The molecule has 2 aromatic carbocycles. The van der Waals surface area contributed by atoms with Crippen molar-refractivity contribution < 1.29 is 19.1 Å². The fourth-order valence-corrected chi connectivity index (χ4v) is 3.33. The highest BCUT2D eigenvalue weighted by Gasteiger charge is 2.15. The Hall–Kier alpha value is -2.36. The van der Waals surface area contributed by atoms with Crippen LogP contribution in [0.2, 0.25) is 5.02 Å². The van der Waals surface area contributed by atoms with Crippen LogP contribution in [0, 0.1) is 19.8 Å². The van der Waals surface area contributed by atoms with Crippen LogP contribution in [0.3, 0.4) is 0 Å². The van der Waals surface area contributed by atoms with Gasteiger partial charge in [-0.25, -0.2) is 0 Å². The molecule has 0 aliphatic heterocycles. The van der Waals surface area contributed by atoms with Gasteiger partial charge in [0.1, 0.15) is 11.5 Å². The average Bonchev–Trinajstić information content (AvgIpc) is 2.75. The molecule has 0 saturated carbocycles. The molecule has 10 heteroatoms. The maximum absolute atomic E-state index is 12.7. The van der Waals surface area contributed by atoms with Crippen molar-refractivity contribution >= 4 is 56.7 Å². The second kappa shape index (κ2) is 12.8. The zero-order valence-electron chi connectivity index (χ0n) is 18.9. The van der Waals surface area contributed by atoms with Crippen molar-refractivity contribution in [1.82, 2.24) is 16.2 Å². The summed E-state index contributed by atoms with van der Waals surface area (Å²) in [5.74, 6) is 0.517. The number of thiocarbonyl (C=S) groups is 1. The number of halogens is 2. The van der Waals surface area contributed by atoms with Gasteiger partial charge in [0, 0.05) is 9.50 Å². The number of aryl methyl sites for hydroxylation is 2. The molecule has 2 rings (SSSR count). The van der Waals surface area contributed by atoms with Crippen molar-refractivity contribution in [3.8, 4) is 11.5 Å². The molecule has 0 unspecified atom stereocenters. The van der Waals surface area contributed by atoms with E-state index in [-0.39, 0.29) is 11.7 Å². The lowest BCUT2D eigenvalue weighted by Gasteiger charge is -2.15. The van der Waals surface area contributed by atoms with Gasteiger partial charge in [-0.1, -0.05) is 41.4 Å². The molecule has 0 bridgehead atoms. The first-order chi connectivity index (χ1) is 15.6. The third kappa shape index (κ3) is 8.83. The number of amides is 2. The van der Waals surface area contributed by atoms with Gasteiger partial charge in [0.25, 0.3) is 11.8 Å². The van der Waals surface area contributed by atoms with E-state index in [1.807, 2.05) is 13.8 Å². The molecular weight excluding hydrogens is 530 g/mol. The molecule has 2 amide bonds. The molecule has 0 saturated heterocycles. The lowest BCUT2D eigenvalue weighted by Crippen LogP contribution is -2.49. The molecule has 0 aliphatic rings. The van der Waals surface area contributed by atoms with Crippen molar-refractivity contribution in [1.29, 1.82) is 0 Å². The fraction of sp³-hybridized carbons (Fsp3) is 0.348. The van der Waals surface area contributed by atoms with E-state index in [2.05, 4.69) is 45.9 Å².